The van der Waals surface area contributed by atoms with Crippen LogP contribution in [-0.4, -0.2) is 43.7 Å². The van der Waals surface area contributed by atoms with Gasteiger partial charge in [0.15, 0.2) is 13.2 Å². The Bertz CT molecular complexity index is 1810. The molecule has 5 rings (SSSR count). The quantitative estimate of drug-likeness (QED) is 0.0281. The zero-order chi connectivity index (χ0) is 42.6. The lowest BCUT2D eigenvalue weighted by molar-refractivity contribution is -0.892. The van der Waals surface area contributed by atoms with Gasteiger partial charge in [0.2, 0.25) is 12.4 Å². The Morgan fingerprint density at radius 2 is 0.914 bits per heavy atom. The fraction of sp³-hybridized carbons (Fsp3) is 0.250. The summed E-state index contributed by atoms with van der Waals surface area (Å²) in [6.45, 7) is 4.73. The van der Waals surface area contributed by atoms with Crippen molar-refractivity contribution in [1.29, 1.82) is 0 Å². The van der Waals surface area contributed by atoms with Crippen molar-refractivity contribution in [3.8, 4) is 0 Å². The molecule has 0 aliphatic rings. The summed E-state index contributed by atoms with van der Waals surface area (Å²) in [5, 5.41) is 21.4. The van der Waals surface area contributed by atoms with E-state index in [0.29, 0.717) is 31.0 Å². The van der Waals surface area contributed by atoms with Crippen LogP contribution in [-0.2, 0) is 19.5 Å². The number of rotatable bonds is 14. The molecule has 0 aliphatic heterocycles. The molecule has 0 fully saturated rings. The second kappa shape index (κ2) is 25.2. The van der Waals surface area contributed by atoms with Crippen molar-refractivity contribution in [1.82, 2.24) is 0 Å². The number of pyridine rings is 2. The molecule has 5 aromatic rings. The Morgan fingerprint density at radius 1 is 0.569 bits per heavy atom. The summed E-state index contributed by atoms with van der Waals surface area (Å²) in [7, 11) is -2.23. The molecule has 2 aromatic heterocycles. The van der Waals surface area contributed by atoms with Crippen LogP contribution in [0.1, 0.15) is 64.4 Å². The molecule has 0 spiro atoms. The molecule has 0 bridgehead atoms. The van der Waals surface area contributed by atoms with Crippen LogP contribution in [0.5, 0.6) is 0 Å². The van der Waals surface area contributed by atoms with Gasteiger partial charge in [0.1, 0.15) is 0 Å². The van der Waals surface area contributed by atoms with Crippen molar-refractivity contribution in [2.45, 2.75) is 36.8 Å². The van der Waals surface area contributed by atoms with E-state index in [1.54, 1.807) is 48.8 Å². The molecule has 58 heavy (non-hydrogen) atoms. The maximum absolute atomic E-state index is 11.7. The van der Waals surface area contributed by atoms with E-state index in [-0.39, 0.29) is 12.0 Å². The minimum absolute atomic E-state index is 0.159. The topological polar surface area (TPSA) is 134 Å². The van der Waals surface area contributed by atoms with E-state index in [1.165, 1.54) is 26.2 Å². The normalized spacial score (nSPS) is 11.1. The van der Waals surface area contributed by atoms with Crippen molar-refractivity contribution in [3.05, 3.63) is 168 Å². The Kier molecular flexibility index (Phi) is 21.6. The van der Waals surface area contributed by atoms with Gasteiger partial charge in [-0.25, -0.2) is 9.59 Å². The Morgan fingerprint density at radius 3 is 1.22 bits per heavy atom. The standard InChI is InChI=1S/C22H21BO3.2C9H9Br3NO3/c24-23(25)26-18-10-17-22(19-11-4-1-5-12-19,20-13-6-2-7-14-20)21-15-8-3-9-16-21;2*1-2-15-13-6-4-3-5-7(13)8(14)16-9(10,11)12/h1-9,11-16H,10,17-18H2;2*3-6H,2H2,1H3/q-2;2*+1. The molecule has 11 nitrogen and oxygen atoms in total. The van der Waals surface area contributed by atoms with Crippen LogP contribution in [0.15, 0.2) is 140 Å². The van der Waals surface area contributed by atoms with Gasteiger partial charge in [-0.1, -0.05) is 91.0 Å². The number of benzene rings is 3. The summed E-state index contributed by atoms with van der Waals surface area (Å²) >= 11 is 18.5. The third kappa shape index (κ3) is 16.8. The van der Waals surface area contributed by atoms with Crippen LogP contribution < -0.4 is 29.2 Å². The van der Waals surface area contributed by atoms with E-state index in [1.807, 2.05) is 68.4 Å². The van der Waals surface area contributed by atoms with E-state index in [2.05, 4.69) is 132 Å². The van der Waals surface area contributed by atoms with E-state index in [0.717, 1.165) is 6.42 Å². The number of aromatic nitrogens is 2. The number of hydrogen-bond acceptors (Lipinski definition) is 9. The molecule has 0 saturated heterocycles. The SMILES string of the molecule is CCO[n+]1ccccc1C(=O)OC(Br)(Br)Br.CCO[n+]1ccccc1C(=O)OC(Br)(Br)Br.[O-]B([O-])OCCCC(c1ccccc1)(c1ccccc1)c1ccccc1. The fourth-order valence-electron chi connectivity index (χ4n) is 5.61. The summed E-state index contributed by atoms with van der Waals surface area (Å²) in [5.74, 6) is -1.06. The number of hydrogen-bond donors (Lipinski definition) is 0. The second-order valence-corrected chi connectivity index (χ2v) is 24.7. The highest BCUT2D eigenvalue weighted by Gasteiger charge is 2.36. The number of ether oxygens (including phenoxy) is 2. The monoisotopic (exact) mass is 1180 g/mol. The highest BCUT2D eigenvalue weighted by molar-refractivity contribution is 9.39. The predicted molar refractivity (Wildman–Crippen MR) is 238 cm³/mol. The van der Waals surface area contributed by atoms with Crippen molar-refractivity contribution >= 4 is 115 Å². The van der Waals surface area contributed by atoms with Crippen molar-refractivity contribution < 1.29 is 52.9 Å². The summed E-state index contributed by atoms with van der Waals surface area (Å²) in [5.41, 5.74) is 3.77. The molecule has 0 N–H and O–H groups in total. The molecular formula is C40H39BBr6N2O9. The fourth-order valence-corrected chi connectivity index (χ4v) is 6.49. The molecule has 2 heterocycles. The van der Waals surface area contributed by atoms with Gasteiger partial charge in [0, 0.05) is 45.7 Å². The molecule has 3 aromatic carbocycles. The zero-order valence-corrected chi connectivity index (χ0v) is 40.7. The first-order valence-electron chi connectivity index (χ1n) is 17.6. The molecule has 0 saturated carbocycles. The summed E-state index contributed by atoms with van der Waals surface area (Å²) in [6, 6.07) is 41.2. The summed E-state index contributed by atoms with van der Waals surface area (Å²) in [6.07, 6.45) is 4.62. The Labute approximate surface area is 388 Å². The molecule has 0 atom stereocenters. The van der Waals surface area contributed by atoms with Gasteiger partial charge in [0.05, 0.1) is 7.32 Å². The van der Waals surface area contributed by atoms with Crippen molar-refractivity contribution in [3.63, 3.8) is 0 Å². The van der Waals surface area contributed by atoms with Gasteiger partial charge in [0.25, 0.3) is 4.66 Å². The first kappa shape index (κ1) is 49.7. The number of halogens is 6. The van der Waals surface area contributed by atoms with Gasteiger partial charge in [-0.2, -0.15) is 0 Å². The third-order valence-corrected chi connectivity index (χ3v) is 8.74. The van der Waals surface area contributed by atoms with Crippen LogP contribution >= 0.6 is 95.6 Å². The minimum atomic E-state index is -2.23. The first-order chi connectivity index (χ1) is 27.6. The van der Waals surface area contributed by atoms with Gasteiger partial charge < -0.3 is 24.2 Å². The summed E-state index contributed by atoms with van der Waals surface area (Å²) in [4.78, 5) is 34.0. The highest BCUT2D eigenvalue weighted by Crippen LogP contribution is 2.43. The van der Waals surface area contributed by atoms with Gasteiger partial charge in [-0.05, 0) is 151 Å². The lowest BCUT2D eigenvalue weighted by Gasteiger charge is -2.37. The van der Waals surface area contributed by atoms with E-state index in [9.17, 15) is 19.6 Å². The average molecular weight is 1180 g/mol. The van der Waals surface area contributed by atoms with Gasteiger partial charge in [-0.3, -0.25) is 9.68 Å². The van der Waals surface area contributed by atoms with Crippen molar-refractivity contribution in [2.75, 3.05) is 19.8 Å². The predicted octanol–water partition coefficient (Wildman–Crippen LogP) is 7.27. The van der Waals surface area contributed by atoms with E-state index in [4.69, 9.17) is 23.8 Å². The van der Waals surface area contributed by atoms with Crippen LogP contribution in [0.25, 0.3) is 0 Å². The third-order valence-electron chi connectivity index (χ3n) is 7.77. The summed E-state index contributed by atoms with van der Waals surface area (Å²) < 4.78 is 15.4. The van der Waals surface area contributed by atoms with Crippen LogP contribution in [0, 0.1) is 0 Å². The highest BCUT2D eigenvalue weighted by atomic mass is 80.0. The largest absolute Gasteiger partial charge is 0.871 e. The lowest BCUT2D eigenvalue weighted by Crippen LogP contribution is -2.48. The lowest BCUT2D eigenvalue weighted by atomic mass is 9.67. The smallest absolute Gasteiger partial charge is 0.411 e. The zero-order valence-electron chi connectivity index (χ0n) is 31.2. The van der Waals surface area contributed by atoms with E-state index >= 15 is 0 Å². The van der Waals surface area contributed by atoms with Crippen molar-refractivity contribution in [2.24, 2.45) is 0 Å². The number of carbonyl (C=O) groups excluding carboxylic acids is 2. The number of nitrogens with zero attached hydrogens (tertiary/aromatic N) is 2. The van der Waals surface area contributed by atoms with Crippen LogP contribution in [0.4, 0.5) is 0 Å². The molecule has 308 valence electrons. The second-order valence-electron chi connectivity index (χ2n) is 11.6. The number of esters is 2. The van der Waals surface area contributed by atoms with Crippen LogP contribution in [0.3, 0.4) is 0 Å². The number of alkyl halides is 6. The van der Waals surface area contributed by atoms with E-state index < -0.39 is 23.9 Å². The maximum Gasteiger partial charge on any atom is 0.411 e. The minimum Gasteiger partial charge on any atom is -0.871 e. The Hall–Kier alpha value is -2.68. The Balaban J connectivity index is 0.000000246. The maximum atomic E-state index is 11.7. The van der Waals surface area contributed by atoms with Gasteiger partial charge in [-0.15, -0.1) is 0 Å². The average Bonchev–Trinajstić information content (AvgIpc) is 3.19. The molecule has 0 unspecified atom stereocenters. The molecular weight excluding hydrogens is 1140 g/mol. The molecule has 0 aliphatic carbocycles. The first-order valence-corrected chi connectivity index (χ1v) is 22.3. The molecule has 0 radical (unpaired) electrons. The molecule has 0 amide bonds. The van der Waals surface area contributed by atoms with Gasteiger partial charge >= 0.3 is 23.3 Å². The number of carbonyl (C=O) groups is 2. The molecule has 18 heteroatoms. The van der Waals surface area contributed by atoms with Crippen LogP contribution in [0.2, 0.25) is 0 Å².